The maximum Gasteiger partial charge on any atom is 0.268 e. The molecule has 3 aromatic rings. The van der Waals surface area contributed by atoms with E-state index in [0.29, 0.717) is 17.1 Å². The Morgan fingerprint density at radius 2 is 1.74 bits per heavy atom. The van der Waals surface area contributed by atoms with E-state index in [9.17, 15) is 14.4 Å². The first-order valence-corrected chi connectivity index (χ1v) is 8.24. The van der Waals surface area contributed by atoms with E-state index < -0.39 is 17.7 Å². The molecule has 6 heteroatoms. The molecular formula is C21H14N2O4. The molecule has 0 aliphatic carbocycles. The molecule has 0 bridgehead atoms. The van der Waals surface area contributed by atoms with Gasteiger partial charge in [-0.1, -0.05) is 24.3 Å². The molecule has 1 aliphatic rings. The molecule has 27 heavy (non-hydrogen) atoms. The van der Waals surface area contributed by atoms with Crippen molar-refractivity contribution in [1.29, 1.82) is 0 Å². The number of anilines is 2. The molecule has 0 unspecified atom stereocenters. The molecule has 2 aromatic carbocycles. The minimum absolute atomic E-state index is 0.186. The number of rotatable bonds is 4. The number of para-hydroxylation sites is 1. The molecule has 0 spiro atoms. The number of nitrogens with one attached hydrogen (secondary N) is 1. The van der Waals surface area contributed by atoms with Gasteiger partial charge >= 0.3 is 0 Å². The second kappa shape index (κ2) is 6.76. The summed E-state index contributed by atoms with van der Waals surface area (Å²) < 4.78 is 5.13. The Balaban J connectivity index is 1.63. The van der Waals surface area contributed by atoms with Crippen molar-refractivity contribution in [3.05, 3.63) is 89.9 Å². The fourth-order valence-electron chi connectivity index (χ4n) is 2.92. The fourth-order valence-corrected chi connectivity index (χ4v) is 2.92. The molecule has 0 radical (unpaired) electrons. The van der Waals surface area contributed by atoms with E-state index in [1.165, 1.54) is 18.4 Å². The predicted octanol–water partition coefficient (Wildman–Crippen LogP) is 3.73. The Labute approximate surface area is 154 Å². The van der Waals surface area contributed by atoms with Crippen LogP contribution in [0.4, 0.5) is 11.4 Å². The second-order valence-electron chi connectivity index (χ2n) is 5.85. The van der Waals surface area contributed by atoms with Crippen LogP contribution in [0.1, 0.15) is 26.5 Å². The monoisotopic (exact) mass is 358 g/mol. The van der Waals surface area contributed by atoms with Crippen LogP contribution in [0.15, 0.2) is 77.4 Å². The number of furan rings is 1. The van der Waals surface area contributed by atoms with Crippen LogP contribution in [-0.4, -0.2) is 17.7 Å². The number of hydrogen-bond acceptors (Lipinski definition) is 4. The van der Waals surface area contributed by atoms with Crippen molar-refractivity contribution in [2.45, 2.75) is 0 Å². The smallest absolute Gasteiger partial charge is 0.268 e. The van der Waals surface area contributed by atoms with Gasteiger partial charge in [-0.15, -0.1) is 0 Å². The summed E-state index contributed by atoms with van der Waals surface area (Å²) in [5, 5.41) is 2.66. The SMILES string of the molecule is O=C(/C=C\c1ccco1)Nc1cccc2c1C(=O)N(c1ccccc1)C2=O. The molecule has 6 nitrogen and oxygen atoms in total. The molecule has 0 atom stereocenters. The molecule has 4 rings (SSSR count). The lowest BCUT2D eigenvalue weighted by molar-refractivity contribution is -0.111. The molecule has 1 aliphatic heterocycles. The van der Waals surface area contributed by atoms with Gasteiger partial charge in [-0.3, -0.25) is 14.4 Å². The summed E-state index contributed by atoms with van der Waals surface area (Å²) in [6.45, 7) is 0. The van der Waals surface area contributed by atoms with Crippen molar-refractivity contribution in [1.82, 2.24) is 0 Å². The Morgan fingerprint density at radius 3 is 2.48 bits per heavy atom. The van der Waals surface area contributed by atoms with Gasteiger partial charge in [0.05, 0.1) is 28.8 Å². The Morgan fingerprint density at radius 1 is 0.926 bits per heavy atom. The predicted molar refractivity (Wildman–Crippen MR) is 100 cm³/mol. The number of benzene rings is 2. The third-order valence-electron chi connectivity index (χ3n) is 4.13. The van der Waals surface area contributed by atoms with E-state index in [1.807, 2.05) is 0 Å². The highest BCUT2D eigenvalue weighted by Crippen LogP contribution is 2.32. The Hall–Kier alpha value is -3.93. The zero-order chi connectivity index (χ0) is 18.8. The standard InChI is InChI=1S/C21H14N2O4/c24-18(12-11-15-8-5-13-27-15)22-17-10-4-9-16-19(17)21(26)23(20(16)25)14-6-2-1-3-7-14/h1-13H,(H,22,24)/b12-11-. The molecular weight excluding hydrogens is 344 g/mol. The average molecular weight is 358 g/mol. The van der Waals surface area contributed by atoms with E-state index in [-0.39, 0.29) is 11.1 Å². The van der Waals surface area contributed by atoms with Crippen molar-refractivity contribution < 1.29 is 18.8 Å². The van der Waals surface area contributed by atoms with Gasteiger partial charge in [0.2, 0.25) is 5.91 Å². The minimum atomic E-state index is -0.466. The number of fused-ring (bicyclic) bond motifs is 1. The first-order chi connectivity index (χ1) is 13.1. The molecule has 3 amide bonds. The van der Waals surface area contributed by atoms with Crippen LogP contribution in [0.25, 0.3) is 6.08 Å². The third kappa shape index (κ3) is 3.04. The maximum absolute atomic E-state index is 12.9. The van der Waals surface area contributed by atoms with Crippen LogP contribution in [0.2, 0.25) is 0 Å². The summed E-state index contributed by atoms with van der Waals surface area (Å²) in [7, 11) is 0. The van der Waals surface area contributed by atoms with E-state index in [4.69, 9.17) is 4.42 Å². The van der Waals surface area contributed by atoms with E-state index in [2.05, 4.69) is 5.32 Å². The third-order valence-corrected chi connectivity index (χ3v) is 4.13. The van der Waals surface area contributed by atoms with Crippen molar-refractivity contribution in [3.8, 4) is 0 Å². The van der Waals surface area contributed by atoms with Crippen molar-refractivity contribution in [2.24, 2.45) is 0 Å². The summed E-state index contributed by atoms with van der Waals surface area (Å²) >= 11 is 0. The largest absolute Gasteiger partial charge is 0.465 e. The number of carbonyl (C=O) groups excluding carboxylic acids is 3. The van der Waals surface area contributed by atoms with Crippen molar-refractivity contribution in [2.75, 3.05) is 10.2 Å². The van der Waals surface area contributed by atoms with Gasteiger partial charge in [0.25, 0.3) is 11.8 Å². The molecule has 2 heterocycles. The van der Waals surface area contributed by atoms with Crippen LogP contribution >= 0.6 is 0 Å². The van der Waals surface area contributed by atoms with Gasteiger partial charge in [0, 0.05) is 6.08 Å². The average Bonchev–Trinajstić information content (AvgIpc) is 3.28. The highest BCUT2D eigenvalue weighted by atomic mass is 16.3. The van der Waals surface area contributed by atoms with Crippen LogP contribution in [0.5, 0.6) is 0 Å². The zero-order valence-corrected chi connectivity index (χ0v) is 14.1. The number of imide groups is 1. The first-order valence-electron chi connectivity index (χ1n) is 8.24. The van der Waals surface area contributed by atoms with E-state index in [0.717, 1.165) is 4.90 Å². The number of amides is 3. The highest BCUT2D eigenvalue weighted by molar-refractivity contribution is 6.36. The van der Waals surface area contributed by atoms with E-state index in [1.54, 1.807) is 60.7 Å². The normalized spacial score (nSPS) is 13.3. The Kier molecular flexibility index (Phi) is 4.14. The van der Waals surface area contributed by atoms with Crippen molar-refractivity contribution in [3.63, 3.8) is 0 Å². The maximum atomic E-state index is 12.9. The lowest BCUT2D eigenvalue weighted by Crippen LogP contribution is -2.29. The summed E-state index contributed by atoms with van der Waals surface area (Å²) in [5.74, 6) is -0.779. The topological polar surface area (TPSA) is 79.6 Å². The summed E-state index contributed by atoms with van der Waals surface area (Å²) in [5.41, 5.74) is 1.22. The number of carbonyl (C=O) groups is 3. The van der Waals surface area contributed by atoms with Crippen LogP contribution < -0.4 is 10.2 Å². The molecule has 0 saturated heterocycles. The van der Waals surface area contributed by atoms with Crippen molar-refractivity contribution >= 4 is 35.2 Å². The van der Waals surface area contributed by atoms with Crippen LogP contribution in [0.3, 0.4) is 0 Å². The first kappa shape index (κ1) is 16.5. The van der Waals surface area contributed by atoms with Gasteiger partial charge < -0.3 is 9.73 Å². The zero-order valence-electron chi connectivity index (χ0n) is 14.1. The quantitative estimate of drug-likeness (QED) is 0.569. The summed E-state index contributed by atoms with van der Waals surface area (Å²) in [4.78, 5) is 38.9. The van der Waals surface area contributed by atoms with E-state index >= 15 is 0 Å². The van der Waals surface area contributed by atoms with Gasteiger partial charge in [-0.2, -0.15) is 0 Å². The molecule has 1 aromatic heterocycles. The fraction of sp³-hybridized carbons (Fsp3) is 0. The molecule has 0 saturated carbocycles. The van der Waals surface area contributed by atoms with Gasteiger partial charge in [0.15, 0.2) is 0 Å². The summed E-state index contributed by atoms with van der Waals surface area (Å²) in [6, 6.07) is 16.9. The second-order valence-corrected chi connectivity index (χ2v) is 5.85. The van der Waals surface area contributed by atoms with Gasteiger partial charge in [0.1, 0.15) is 5.76 Å². The lowest BCUT2D eigenvalue weighted by atomic mass is 10.1. The molecule has 1 N–H and O–H groups in total. The molecule has 0 fully saturated rings. The Bertz CT molecular complexity index is 1050. The molecule has 132 valence electrons. The van der Waals surface area contributed by atoms with Gasteiger partial charge in [-0.05, 0) is 42.5 Å². The summed E-state index contributed by atoms with van der Waals surface area (Å²) in [6.07, 6.45) is 4.32. The van der Waals surface area contributed by atoms with Gasteiger partial charge in [-0.25, -0.2) is 4.90 Å². The number of hydrogen-bond donors (Lipinski definition) is 1. The van der Waals surface area contributed by atoms with Crippen LogP contribution in [-0.2, 0) is 4.79 Å². The minimum Gasteiger partial charge on any atom is -0.465 e. The lowest BCUT2D eigenvalue weighted by Gasteiger charge is -2.13. The van der Waals surface area contributed by atoms with Crippen LogP contribution in [0, 0.1) is 0 Å². The highest BCUT2D eigenvalue weighted by Gasteiger charge is 2.38. The number of nitrogens with zero attached hydrogens (tertiary/aromatic N) is 1.